The maximum absolute atomic E-state index is 12.2. The summed E-state index contributed by atoms with van der Waals surface area (Å²) in [7, 11) is 0. The van der Waals surface area contributed by atoms with Gasteiger partial charge in [-0.25, -0.2) is 0 Å². The summed E-state index contributed by atoms with van der Waals surface area (Å²) in [5.74, 6) is -0.963. The van der Waals surface area contributed by atoms with Crippen molar-refractivity contribution in [3.8, 4) is 0 Å². The van der Waals surface area contributed by atoms with Gasteiger partial charge in [0, 0.05) is 12.6 Å². The summed E-state index contributed by atoms with van der Waals surface area (Å²) in [5.41, 5.74) is 10.9. The highest BCUT2D eigenvalue weighted by atomic mass is 16.5. The molecule has 0 saturated carbocycles. The lowest BCUT2D eigenvalue weighted by molar-refractivity contribution is -0.139. The Balaban J connectivity index is 2.60. The number of nitrogens with zero attached hydrogens (tertiary/aromatic N) is 1. The van der Waals surface area contributed by atoms with Crippen molar-refractivity contribution in [3.05, 3.63) is 0 Å². The van der Waals surface area contributed by atoms with Crippen LogP contribution in [0.25, 0.3) is 0 Å². The Kier molecular flexibility index (Phi) is 5.37. The molecule has 2 unspecified atom stereocenters. The minimum atomic E-state index is -0.498. The zero-order valence-electron chi connectivity index (χ0n) is 10.2. The topological polar surface area (TPSA) is 98.6 Å². The van der Waals surface area contributed by atoms with Crippen LogP contribution in [0.1, 0.15) is 19.8 Å². The summed E-state index contributed by atoms with van der Waals surface area (Å²) >= 11 is 0. The van der Waals surface area contributed by atoms with E-state index in [-0.39, 0.29) is 24.4 Å². The van der Waals surface area contributed by atoms with Crippen LogP contribution >= 0.6 is 0 Å². The molecule has 0 aromatic rings. The number of carbonyl (C=O) groups excluding carboxylic acids is 2. The second-order valence-electron chi connectivity index (χ2n) is 4.39. The first-order valence-corrected chi connectivity index (χ1v) is 5.96. The first kappa shape index (κ1) is 13.9. The van der Waals surface area contributed by atoms with E-state index in [1.807, 2.05) is 6.92 Å². The predicted octanol–water partition coefficient (Wildman–Crippen LogP) is -0.926. The number of rotatable bonds is 6. The largest absolute Gasteiger partial charge is 0.379 e. The summed E-state index contributed by atoms with van der Waals surface area (Å²) < 4.78 is 5.16. The van der Waals surface area contributed by atoms with E-state index >= 15 is 0 Å². The third-order valence-corrected chi connectivity index (χ3v) is 2.88. The molecule has 2 amide bonds. The van der Waals surface area contributed by atoms with Gasteiger partial charge in [0.05, 0.1) is 25.7 Å². The van der Waals surface area contributed by atoms with Gasteiger partial charge in [0.2, 0.25) is 11.8 Å². The normalized spacial score (nSPS) is 23.6. The van der Waals surface area contributed by atoms with Crippen molar-refractivity contribution >= 4 is 11.8 Å². The Morgan fingerprint density at radius 3 is 2.59 bits per heavy atom. The molecule has 6 nitrogen and oxygen atoms in total. The molecule has 17 heavy (non-hydrogen) atoms. The average molecular weight is 243 g/mol. The number of unbranched alkanes of at least 4 members (excludes halogenated alkanes) is 1. The number of carbonyl (C=O) groups is 2. The minimum Gasteiger partial charge on any atom is -0.379 e. The monoisotopic (exact) mass is 243 g/mol. The molecular weight excluding hydrogens is 222 g/mol. The van der Waals surface area contributed by atoms with E-state index in [0.717, 1.165) is 12.8 Å². The Morgan fingerprint density at radius 2 is 2.12 bits per heavy atom. The third-order valence-electron chi connectivity index (χ3n) is 2.88. The molecule has 1 aliphatic rings. The molecule has 0 radical (unpaired) electrons. The number of amides is 2. The summed E-state index contributed by atoms with van der Waals surface area (Å²) in [6, 6.07) is -0.278. The first-order chi connectivity index (χ1) is 8.06. The van der Waals surface area contributed by atoms with Crippen LogP contribution in [0.15, 0.2) is 0 Å². The molecule has 1 aliphatic heterocycles. The van der Waals surface area contributed by atoms with Crippen LogP contribution < -0.4 is 11.5 Å². The van der Waals surface area contributed by atoms with Crippen molar-refractivity contribution in [1.29, 1.82) is 0 Å². The van der Waals surface area contributed by atoms with Crippen molar-refractivity contribution in [2.75, 3.05) is 26.3 Å². The van der Waals surface area contributed by atoms with Crippen LogP contribution in [0, 0.1) is 5.92 Å². The molecule has 0 aliphatic carbocycles. The Hall–Kier alpha value is -1.14. The zero-order chi connectivity index (χ0) is 12.8. The van der Waals surface area contributed by atoms with Gasteiger partial charge < -0.3 is 21.1 Å². The van der Waals surface area contributed by atoms with Crippen molar-refractivity contribution < 1.29 is 14.3 Å². The van der Waals surface area contributed by atoms with Crippen LogP contribution in [0.5, 0.6) is 0 Å². The average Bonchev–Trinajstić information content (AvgIpc) is 2.69. The van der Waals surface area contributed by atoms with E-state index in [4.69, 9.17) is 16.2 Å². The molecule has 1 fully saturated rings. The molecule has 2 atom stereocenters. The standard InChI is InChI=1S/C11H21N3O3/c1-2-3-4-14(5-10(13)15)11(16)8-6-17-7-9(8)12/h8-9H,2-7,12H2,1H3,(H2,13,15). The Bertz CT molecular complexity index is 283. The maximum Gasteiger partial charge on any atom is 0.237 e. The van der Waals surface area contributed by atoms with Crippen molar-refractivity contribution in [2.45, 2.75) is 25.8 Å². The Morgan fingerprint density at radius 1 is 1.41 bits per heavy atom. The number of ether oxygens (including phenoxy) is 1. The van der Waals surface area contributed by atoms with Crippen molar-refractivity contribution in [3.63, 3.8) is 0 Å². The maximum atomic E-state index is 12.2. The fourth-order valence-corrected chi connectivity index (χ4v) is 1.86. The first-order valence-electron chi connectivity index (χ1n) is 5.96. The summed E-state index contributed by atoms with van der Waals surface area (Å²) in [6.45, 7) is 3.26. The molecular formula is C11H21N3O3. The third kappa shape index (κ3) is 3.98. The summed E-state index contributed by atoms with van der Waals surface area (Å²) in [5, 5.41) is 0. The molecule has 6 heteroatoms. The Labute approximate surface area is 101 Å². The van der Waals surface area contributed by atoms with Gasteiger partial charge in [0.25, 0.3) is 0 Å². The lowest BCUT2D eigenvalue weighted by Crippen LogP contribution is -2.46. The van der Waals surface area contributed by atoms with Crippen LogP contribution in [-0.4, -0.2) is 49.1 Å². The van der Waals surface area contributed by atoms with Crippen molar-refractivity contribution in [2.24, 2.45) is 17.4 Å². The predicted molar refractivity (Wildman–Crippen MR) is 63.0 cm³/mol. The van der Waals surface area contributed by atoms with E-state index in [1.54, 1.807) is 0 Å². The van der Waals surface area contributed by atoms with E-state index < -0.39 is 5.91 Å². The lowest BCUT2D eigenvalue weighted by atomic mass is 10.0. The van der Waals surface area contributed by atoms with E-state index in [2.05, 4.69) is 0 Å². The van der Waals surface area contributed by atoms with Crippen LogP contribution in [0.3, 0.4) is 0 Å². The molecule has 0 aromatic heterocycles. The lowest BCUT2D eigenvalue weighted by Gasteiger charge is -2.25. The quantitative estimate of drug-likeness (QED) is 0.630. The minimum absolute atomic E-state index is 0.0396. The molecule has 98 valence electrons. The fraction of sp³-hybridized carbons (Fsp3) is 0.818. The molecule has 0 bridgehead atoms. The number of hydrogen-bond acceptors (Lipinski definition) is 4. The van der Waals surface area contributed by atoms with Gasteiger partial charge >= 0.3 is 0 Å². The van der Waals surface area contributed by atoms with E-state index in [1.165, 1.54) is 4.90 Å². The highest BCUT2D eigenvalue weighted by Crippen LogP contribution is 2.15. The van der Waals surface area contributed by atoms with Gasteiger partial charge in [-0.1, -0.05) is 13.3 Å². The second-order valence-corrected chi connectivity index (χ2v) is 4.39. The molecule has 1 saturated heterocycles. The van der Waals surface area contributed by atoms with Gasteiger partial charge in [-0.2, -0.15) is 0 Å². The zero-order valence-corrected chi connectivity index (χ0v) is 10.2. The molecule has 1 heterocycles. The van der Waals surface area contributed by atoms with Gasteiger partial charge in [-0.3, -0.25) is 9.59 Å². The number of hydrogen-bond donors (Lipinski definition) is 2. The van der Waals surface area contributed by atoms with Crippen molar-refractivity contribution in [1.82, 2.24) is 4.90 Å². The summed E-state index contributed by atoms with van der Waals surface area (Å²) in [6.07, 6.45) is 1.80. The highest BCUT2D eigenvalue weighted by Gasteiger charge is 2.34. The van der Waals surface area contributed by atoms with Gasteiger partial charge in [-0.05, 0) is 6.42 Å². The number of primary amides is 1. The molecule has 0 spiro atoms. The van der Waals surface area contributed by atoms with Crippen LogP contribution in [0.2, 0.25) is 0 Å². The molecule has 0 aromatic carbocycles. The highest BCUT2D eigenvalue weighted by molar-refractivity contribution is 5.85. The van der Waals surface area contributed by atoms with Gasteiger partial charge in [0.15, 0.2) is 0 Å². The van der Waals surface area contributed by atoms with Gasteiger partial charge in [-0.15, -0.1) is 0 Å². The molecule has 4 N–H and O–H groups in total. The van der Waals surface area contributed by atoms with Crippen LogP contribution in [-0.2, 0) is 14.3 Å². The van der Waals surface area contributed by atoms with E-state index in [0.29, 0.717) is 19.8 Å². The number of nitrogens with two attached hydrogens (primary N) is 2. The van der Waals surface area contributed by atoms with Gasteiger partial charge in [0.1, 0.15) is 0 Å². The fourth-order valence-electron chi connectivity index (χ4n) is 1.86. The smallest absolute Gasteiger partial charge is 0.237 e. The van der Waals surface area contributed by atoms with Crippen LogP contribution in [0.4, 0.5) is 0 Å². The summed E-state index contributed by atoms with van der Waals surface area (Å²) in [4.78, 5) is 24.6. The molecule has 1 rings (SSSR count). The SMILES string of the molecule is CCCCN(CC(N)=O)C(=O)C1COCC1N. The second kappa shape index (κ2) is 6.56. The van der Waals surface area contributed by atoms with E-state index in [9.17, 15) is 9.59 Å².